The van der Waals surface area contributed by atoms with Gasteiger partial charge in [-0.2, -0.15) is 26.3 Å². The molecular formula is C10H9ClF6MgOSi. The molecule has 1 aromatic carbocycles. The maximum absolute atomic E-state index is 12.8. The molecule has 0 N–H and O–H groups in total. The van der Waals surface area contributed by atoms with Gasteiger partial charge in [-0.25, -0.2) is 0 Å². The van der Waals surface area contributed by atoms with Gasteiger partial charge in [0.15, 0.2) is 0 Å². The van der Waals surface area contributed by atoms with Gasteiger partial charge < -0.3 is 17.2 Å². The van der Waals surface area contributed by atoms with Crippen molar-refractivity contribution in [3.63, 3.8) is 0 Å². The zero-order valence-corrected chi connectivity index (χ0v) is 13.7. The molecule has 0 radical (unpaired) electrons. The van der Waals surface area contributed by atoms with Gasteiger partial charge in [-0.15, -0.1) is 0 Å². The van der Waals surface area contributed by atoms with Crippen LogP contribution in [0, 0.1) is 0 Å². The average molecular weight is 347 g/mol. The van der Waals surface area contributed by atoms with Crippen LogP contribution < -0.4 is 22.4 Å². The minimum Gasteiger partial charge on any atom is -1.00 e. The summed E-state index contributed by atoms with van der Waals surface area (Å²) in [6.07, 6.45) is -10.3. The minimum atomic E-state index is -5.20. The summed E-state index contributed by atoms with van der Waals surface area (Å²) < 4.78 is 75.9. The molecule has 0 fully saturated rings. The predicted octanol–water partition coefficient (Wildman–Crippen LogP) is -0.880. The van der Waals surface area contributed by atoms with Gasteiger partial charge in [-0.1, -0.05) is 30.4 Å². The summed E-state index contributed by atoms with van der Waals surface area (Å²) in [4.78, 5) is 11.7. The van der Waals surface area contributed by atoms with E-state index in [2.05, 4.69) is 0 Å². The topological polar surface area (TPSA) is 23.1 Å². The molecule has 1 aromatic rings. The maximum Gasteiger partial charge on any atom is 2.00 e. The zero-order valence-electron chi connectivity index (χ0n) is 10.5. The second kappa shape index (κ2) is 6.86. The molecule has 0 spiro atoms. The molecule has 0 aromatic heterocycles. The molecule has 0 amide bonds. The SMILES string of the molecule is C[Si](C)([O-])c1cccc(C(F)(F)F)c1C(F)(F)F.[Cl-].[Mg+2]. The normalized spacial score (nSPS) is 12.4. The van der Waals surface area contributed by atoms with Gasteiger partial charge in [-0.3, -0.25) is 0 Å². The van der Waals surface area contributed by atoms with E-state index in [0.29, 0.717) is 6.07 Å². The number of alkyl halides is 6. The van der Waals surface area contributed by atoms with Crippen molar-refractivity contribution in [2.24, 2.45) is 0 Å². The summed E-state index contributed by atoms with van der Waals surface area (Å²) in [6.45, 7) is 2.05. The predicted molar refractivity (Wildman–Crippen MR) is 59.3 cm³/mol. The fourth-order valence-electron chi connectivity index (χ4n) is 1.60. The van der Waals surface area contributed by atoms with E-state index in [-0.39, 0.29) is 35.5 Å². The molecule has 0 aliphatic rings. The third kappa shape index (κ3) is 5.10. The number of hydrogen-bond donors (Lipinski definition) is 0. The molecule has 0 heterocycles. The first-order valence-corrected chi connectivity index (χ1v) is 7.74. The van der Waals surface area contributed by atoms with E-state index in [1.165, 1.54) is 0 Å². The fraction of sp³-hybridized carbons (Fsp3) is 0.400. The van der Waals surface area contributed by atoms with Gasteiger partial charge in [-0.05, 0) is 14.4 Å². The van der Waals surface area contributed by atoms with Gasteiger partial charge in [0.25, 0.3) is 0 Å². The van der Waals surface area contributed by atoms with Crippen LogP contribution in [0.3, 0.4) is 0 Å². The number of halogens is 7. The standard InChI is InChI=1S/C10H9F6OSi.ClH.Mg/c1-18(2,17)7-5-3-4-6(9(11,12)13)8(7)10(14,15)16;;/h3-5H,1-2H3;1H;/q-1;;+2/p-1. The van der Waals surface area contributed by atoms with Crippen molar-refractivity contribution >= 4 is 36.6 Å². The third-order valence-corrected chi connectivity index (χ3v) is 4.02. The molecule has 0 aliphatic heterocycles. The Morgan fingerprint density at radius 1 is 0.950 bits per heavy atom. The van der Waals surface area contributed by atoms with E-state index < -0.39 is 37.0 Å². The first-order valence-electron chi connectivity index (χ1n) is 4.83. The molecule has 1 nitrogen and oxygen atoms in total. The van der Waals surface area contributed by atoms with Crippen LogP contribution >= 0.6 is 0 Å². The molecule has 0 saturated carbocycles. The average Bonchev–Trinajstić information content (AvgIpc) is 2.12. The number of hydrogen-bond acceptors (Lipinski definition) is 1. The Bertz CT molecular complexity index is 422. The fourth-order valence-corrected chi connectivity index (χ4v) is 2.97. The molecule has 1 rings (SSSR count). The van der Waals surface area contributed by atoms with Gasteiger partial charge in [0.2, 0.25) is 0 Å². The Kier molecular flexibility index (Phi) is 7.66. The second-order valence-electron chi connectivity index (χ2n) is 4.23. The van der Waals surface area contributed by atoms with Crippen LogP contribution in [-0.2, 0) is 12.4 Å². The molecular weight excluding hydrogens is 338 g/mol. The van der Waals surface area contributed by atoms with Crippen molar-refractivity contribution in [2.75, 3.05) is 0 Å². The van der Waals surface area contributed by atoms with Crippen molar-refractivity contribution < 1.29 is 43.5 Å². The van der Waals surface area contributed by atoms with Gasteiger partial charge in [0.05, 0.1) is 11.1 Å². The molecule has 0 atom stereocenters. The molecule has 0 unspecified atom stereocenters. The van der Waals surface area contributed by atoms with Crippen LogP contribution in [0.5, 0.6) is 0 Å². The van der Waals surface area contributed by atoms with Crippen LogP contribution in [0.15, 0.2) is 18.2 Å². The largest absolute Gasteiger partial charge is 2.00 e. The minimum absolute atomic E-state index is 0. The second-order valence-corrected chi connectivity index (χ2v) is 7.79. The number of benzene rings is 1. The Labute approximate surface area is 135 Å². The van der Waals surface area contributed by atoms with Crippen LogP contribution in [0.1, 0.15) is 11.1 Å². The van der Waals surface area contributed by atoms with Gasteiger partial charge >= 0.3 is 35.4 Å². The Hall–Kier alpha value is 0.0331. The van der Waals surface area contributed by atoms with Crippen LogP contribution in [0.2, 0.25) is 13.1 Å². The van der Waals surface area contributed by atoms with Crippen molar-refractivity contribution in [2.45, 2.75) is 25.4 Å². The van der Waals surface area contributed by atoms with E-state index >= 15 is 0 Å². The Morgan fingerprint density at radius 3 is 1.70 bits per heavy atom. The Morgan fingerprint density at radius 2 is 1.40 bits per heavy atom. The van der Waals surface area contributed by atoms with Gasteiger partial charge in [0.1, 0.15) is 0 Å². The summed E-state index contributed by atoms with van der Waals surface area (Å²) in [6, 6.07) is 2.00. The van der Waals surface area contributed by atoms with E-state index in [4.69, 9.17) is 0 Å². The first-order chi connectivity index (χ1) is 7.85. The molecule has 110 valence electrons. The Balaban J connectivity index is 0. The summed E-state index contributed by atoms with van der Waals surface area (Å²) >= 11 is 0. The van der Waals surface area contributed by atoms with Crippen LogP contribution in [-0.4, -0.2) is 31.4 Å². The monoisotopic (exact) mass is 346 g/mol. The number of rotatable bonds is 1. The van der Waals surface area contributed by atoms with Crippen LogP contribution in [0.25, 0.3) is 0 Å². The van der Waals surface area contributed by atoms with Crippen LogP contribution in [0.4, 0.5) is 26.3 Å². The van der Waals surface area contributed by atoms with Crippen molar-refractivity contribution in [3.8, 4) is 0 Å². The summed E-state index contributed by atoms with van der Waals surface area (Å²) in [5.41, 5.74) is -3.65. The summed E-state index contributed by atoms with van der Waals surface area (Å²) in [5, 5.41) is -0.773. The molecule has 0 bridgehead atoms. The summed E-state index contributed by atoms with van der Waals surface area (Å²) in [7, 11) is -3.77. The van der Waals surface area contributed by atoms with Crippen molar-refractivity contribution in [1.29, 1.82) is 0 Å². The third-order valence-electron chi connectivity index (χ3n) is 2.30. The molecule has 0 aliphatic carbocycles. The van der Waals surface area contributed by atoms with E-state index in [0.717, 1.165) is 25.2 Å². The molecule has 10 heteroatoms. The maximum atomic E-state index is 12.8. The van der Waals surface area contributed by atoms with E-state index in [9.17, 15) is 31.1 Å². The molecule has 20 heavy (non-hydrogen) atoms. The molecule has 0 saturated heterocycles. The summed E-state index contributed by atoms with van der Waals surface area (Å²) in [5.74, 6) is 0. The first kappa shape index (κ1) is 22.3. The quantitative estimate of drug-likeness (QED) is 0.478. The van der Waals surface area contributed by atoms with E-state index in [1.807, 2.05) is 0 Å². The van der Waals surface area contributed by atoms with Gasteiger partial charge in [0, 0.05) is 0 Å². The van der Waals surface area contributed by atoms with Crippen molar-refractivity contribution in [1.82, 2.24) is 0 Å². The van der Waals surface area contributed by atoms with E-state index in [1.54, 1.807) is 0 Å². The van der Waals surface area contributed by atoms with Crippen molar-refractivity contribution in [3.05, 3.63) is 29.3 Å². The zero-order chi connectivity index (χ0) is 14.4. The smallest absolute Gasteiger partial charge is 1.00 e.